The summed E-state index contributed by atoms with van der Waals surface area (Å²) < 4.78 is 10.7. The number of carboxylic acids is 1. The van der Waals surface area contributed by atoms with E-state index in [-0.39, 0.29) is 5.41 Å². The van der Waals surface area contributed by atoms with Crippen LogP contribution in [0.4, 0.5) is 4.79 Å². The average molecular weight is 299 g/mol. The van der Waals surface area contributed by atoms with Crippen molar-refractivity contribution in [1.82, 2.24) is 4.90 Å². The summed E-state index contributed by atoms with van der Waals surface area (Å²) in [4.78, 5) is 25.2. The van der Waals surface area contributed by atoms with Gasteiger partial charge >= 0.3 is 12.1 Å². The van der Waals surface area contributed by atoms with Crippen molar-refractivity contribution in [2.75, 3.05) is 19.8 Å². The number of hydrogen-bond acceptors (Lipinski definition) is 4. The summed E-state index contributed by atoms with van der Waals surface area (Å²) in [6, 6.07) is -0.799. The number of carboxylic acid groups (broad SMARTS) is 1. The van der Waals surface area contributed by atoms with E-state index in [1.54, 1.807) is 20.8 Å². The Balaban J connectivity index is 2.10. The highest BCUT2D eigenvalue weighted by Crippen LogP contribution is 2.43. The molecular formula is C15H25NO5. The summed E-state index contributed by atoms with van der Waals surface area (Å²) in [6.07, 6.45) is 2.53. The molecule has 2 aliphatic heterocycles. The van der Waals surface area contributed by atoms with E-state index >= 15 is 0 Å². The van der Waals surface area contributed by atoms with E-state index in [1.165, 1.54) is 4.90 Å². The normalized spacial score (nSPS) is 25.7. The highest BCUT2D eigenvalue weighted by Gasteiger charge is 2.46. The molecule has 1 N–H and O–H groups in total. The minimum Gasteiger partial charge on any atom is -0.480 e. The monoisotopic (exact) mass is 299 g/mol. The lowest BCUT2D eigenvalue weighted by Crippen LogP contribution is -2.55. The molecule has 1 atom stereocenters. The van der Waals surface area contributed by atoms with E-state index < -0.39 is 23.7 Å². The number of ether oxygens (including phenoxy) is 2. The predicted molar refractivity (Wildman–Crippen MR) is 76.1 cm³/mol. The van der Waals surface area contributed by atoms with Crippen molar-refractivity contribution in [1.29, 1.82) is 0 Å². The van der Waals surface area contributed by atoms with Gasteiger partial charge in [0.05, 0.1) is 0 Å². The Morgan fingerprint density at radius 2 is 1.86 bits per heavy atom. The first-order valence-corrected chi connectivity index (χ1v) is 7.53. The number of hydrogen-bond donors (Lipinski definition) is 1. The molecule has 0 saturated carbocycles. The van der Waals surface area contributed by atoms with Gasteiger partial charge in [-0.25, -0.2) is 9.59 Å². The zero-order chi connectivity index (χ0) is 15.7. The first-order valence-electron chi connectivity index (χ1n) is 7.53. The molecule has 0 aromatic carbocycles. The van der Waals surface area contributed by atoms with Crippen LogP contribution in [0.25, 0.3) is 0 Å². The molecule has 2 rings (SSSR count). The number of likely N-dealkylation sites (tertiary alicyclic amines) is 1. The summed E-state index contributed by atoms with van der Waals surface area (Å²) in [5, 5.41) is 9.49. The van der Waals surface area contributed by atoms with E-state index in [0.717, 1.165) is 19.3 Å². The summed E-state index contributed by atoms with van der Waals surface area (Å²) >= 11 is 0. The van der Waals surface area contributed by atoms with Crippen molar-refractivity contribution in [2.24, 2.45) is 5.41 Å². The lowest BCUT2D eigenvalue weighted by Gasteiger charge is -2.46. The Hall–Kier alpha value is -1.30. The van der Waals surface area contributed by atoms with Crippen LogP contribution in [0.3, 0.4) is 0 Å². The first-order chi connectivity index (χ1) is 9.72. The maximum atomic E-state index is 12.2. The molecule has 1 amide bonds. The molecule has 2 aliphatic rings. The van der Waals surface area contributed by atoms with Crippen LogP contribution in [-0.4, -0.2) is 53.5 Å². The molecular weight excluding hydrogens is 274 g/mol. The Labute approximate surface area is 125 Å². The molecule has 6 heteroatoms. The summed E-state index contributed by atoms with van der Waals surface area (Å²) in [6.45, 7) is 7.14. The third-order valence-electron chi connectivity index (χ3n) is 4.35. The maximum Gasteiger partial charge on any atom is 0.411 e. The van der Waals surface area contributed by atoms with Crippen molar-refractivity contribution < 1.29 is 24.2 Å². The Morgan fingerprint density at radius 1 is 1.24 bits per heavy atom. The number of nitrogens with zero attached hydrogens (tertiary/aromatic N) is 1. The second kappa shape index (κ2) is 5.83. The number of piperidine rings is 1. The minimum absolute atomic E-state index is 0.000179. The van der Waals surface area contributed by atoms with Gasteiger partial charge in [-0.05, 0) is 51.9 Å². The van der Waals surface area contributed by atoms with Crippen molar-refractivity contribution in [3.8, 4) is 0 Å². The lowest BCUT2D eigenvalue weighted by molar-refractivity contribution is -0.148. The van der Waals surface area contributed by atoms with Crippen LogP contribution in [0.15, 0.2) is 0 Å². The fourth-order valence-corrected chi connectivity index (χ4v) is 3.15. The Morgan fingerprint density at radius 3 is 2.38 bits per heavy atom. The number of carbonyl (C=O) groups excluding carboxylic acids is 1. The zero-order valence-electron chi connectivity index (χ0n) is 13.1. The molecule has 2 heterocycles. The smallest absolute Gasteiger partial charge is 0.411 e. The van der Waals surface area contributed by atoms with Crippen molar-refractivity contribution >= 4 is 12.1 Å². The molecule has 2 fully saturated rings. The molecule has 0 radical (unpaired) electrons. The SMILES string of the molecule is CC(C)(C)OC(=O)N1CCC2(CCOCC2)CC1C(=O)O. The second-order valence-electron chi connectivity index (χ2n) is 7.09. The van der Waals surface area contributed by atoms with Crippen LogP contribution >= 0.6 is 0 Å². The van der Waals surface area contributed by atoms with Crippen LogP contribution in [-0.2, 0) is 14.3 Å². The van der Waals surface area contributed by atoms with Crippen LogP contribution in [0.5, 0.6) is 0 Å². The number of carbonyl (C=O) groups is 2. The van der Waals surface area contributed by atoms with Gasteiger partial charge in [-0.2, -0.15) is 0 Å². The second-order valence-corrected chi connectivity index (χ2v) is 7.09. The molecule has 1 unspecified atom stereocenters. The average Bonchev–Trinajstić information content (AvgIpc) is 2.37. The molecule has 0 aromatic heterocycles. The van der Waals surface area contributed by atoms with Crippen LogP contribution in [0, 0.1) is 5.41 Å². The molecule has 6 nitrogen and oxygen atoms in total. The first kappa shape index (κ1) is 16.1. The van der Waals surface area contributed by atoms with Gasteiger partial charge < -0.3 is 14.6 Å². The molecule has 120 valence electrons. The molecule has 1 spiro atoms. The third-order valence-corrected chi connectivity index (χ3v) is 4.35. The fourth-order valence-electron chi connectivity index (χ4n) is 3.15. The maximum absolute atomic E-state index is 12.2. The van der Waals surface area contributed by atoms with Crippen LogP contribution < -0.4 is 0 Å². The fraction of sp³-hybridized carbons (Fsp3) is 0.867. The minimum atomic E-state index is -0.952. The van der Waals surface area contributed by atoms with E-state index in [9.17, 15) is 14.7 Å². The van der Waals surface area contributed by atoms with E-state index in [4.69, 9.17) is 9.47 Å². The summed E-state index contributed by atoms with van der Waals surface area (Å²) in [7, 11) is 0. The van der Waals surface area contributed by atoms with E-state index in [0.29, 0.717) is 26.2 Å². The highest BCUT2D eigenvalue weighted by molar-refractivity contribution is 5.80. The van der Waals surface area contributed by atoms with Gasteiger partial charge in [-0.1, -0.05) is 0 Å². The third kappa shape index (κ3) is 3.87. The van der Waals surface area contributed by atoms with Gasteiger partial charge in [-0.3, -0.25) is 4.90 Å². The number of amides is 1. The van der Waals surface area contributed by atoms with Gasteiger partial charge in [0.25, 0.3) is 0 Å². The number of rotatable bonds is 1. The van der Waals surface area contributed by atoms with Gasteiger partial charge in [-0.15, -0.1) is 0 Å². The molecule has 0 aliphatic carbocycles. The molecule has 2 saturated heterocycles. The van der Waals surface area contributed by atoms with Gasteiger partial charge in [0.1, 0.15) is 11.6 Å². The molecule has 0 aromatic rings. The Kier molecular flexibility index (Phi) is 4.46. The largest absolute Gasteiger partial charge is 0.480 e. The predicted octanol–water partition coefficient (Wildman–Crippen LogP) is 2.27. The topological polar surface area (TPSA) is 76.1 Å². The Bertz CT molecular complexity index is 409. The van der Waals surface area contributed by atoms with Gasteiger partial charge in [0.15, 0.2) is 0 Å². The van der Waals surface area contributed by atoms with Crippen LogP contribution in [0.2, 0.25) is 0 Å². The van der Waals surface area contributed by atoms with Crippen LogP contribution in [0.1, 0.15) is 46.5 Å². The van der Waals surface area contributed by atoms with Crippen molar-refractivity contribution in [3.63, 3.8) is 0 Å². The van der Waals surface area contributed by atoms with E-state index in [1.807, 2.05) is 0 Å². The summed E-state index contributed by atoms with van der Waals surface area (Å²) in [5.41, 5.74) is -0.617. The highest BCUT2D eigenvalue weighted by atomic mass is 16.6. The molecule has 21 heavy (non-hydrogen) atoms. The zero-order valence-corrected chi connectivity index (χ0v) is 13.1. The lowest BCUT2D eigenvalue weighted by atomic mass is 9.70. The number of aliphatic carboxylic acids is 1. The summed E-state index contributed by atoms with van der Waals surface area (Å²) in [5.74, 6) is -0.952. The molecule has 0 bridgehead atoms. The van der Waals surface area contributed by atoms with Gasteiger partial charge in [0.2, 0.25) is 0 Å². The van der Waals surface area contributed by atoms with Crippen molar-refractivity contribution in [2.45, 2.75) is 58.1 Å². The quantitative estimate of drug-likeness (QED) is 0.803. The van der Waals surface area contributed by atoms with Gasteiger partial charge in [0, 0.05) is 19.8 Å². The van der Waals surface area contributed by atoms with Crippen molar-refractivity contribution in [3.05, 3.63) is 0 Å². The van der Waals surface area contributed by atoms with E-state index in [2.05, 4.69) is 0 Å². The standard InChI is InChI=1S/C15H25NO5/c1-14(2,3)21-13(19)16-7-4-15(5-8-20-9-6-15)10-11(16)12(17)18/h11H,4-10H2,1-3H3,(H,17,18).